The Balaban J connectivity index is 1.67. The Morgan fingerprint density at radius 3 is 2.67 bits per heavy atom. The summed E-state index contributed by atoms with van der Waals surface area (Å²) in [6.45, 7) is 1.80. The van der Waals surface area contributed by atoms with Crippen molar-refractivity contribution in [2.45, 2.75) is 13.0 Å². The Morgan fingerprint density at radius 1 is 1.11 bits per heavy atom. The number of nitrogens with zero attached hydrogens (tertiary/aromatic N) is 1. The highest BCUT2D eigenvalue weighted by Crippen LogP contribution is 2.28. The summed E-state index contributed by atoms with van der Waals surface area (Å²) in [6, 6.07) is 20.8. The van der Waals surface area contributed by atoms with Crippen LogP contribution in [0.2, 0.25) is 0 Å². The lowest BCUT2D eigenvalue weighted by Crippen LogP contribution is -2.31. The van der Waals surface area contributed by atoms with E-state index in [2.05, 4.69) is 5.32 Å². The molecule has 0 aliphatic carbocycles. The Bertz CT molecular complexity index is 1000. The van der Waals surface area contributed by atoms with Gasteiger partial charge in [0.1, 0.15) is 0 Å². The van der Waals surface area contributed by atoms with Crippen LogP contribution in [0.5, 0.6) is 11.5 Å². The maximum absolute atomic E-state index is 12.3. The molecule has 0 aliphatic rings. The Hall–Kier alpha value is -3.52. The second kappa shape index (κ2) is 8.24. The number of hydrogen-bond acceptors (Lipinski definition) is 4. The molecular weight excluding hydrogens is 340 g/mol. The lowest BCUT2D eigenvalue weighted by atomic mass is 10.00. The van der Waals surface area contributed by atoms with Crippen LogP contribution in [0.3, 0.4) is 0 Å². The zero-order valence-corrected chi connectivity index (χ0v) is 15.2. The van der Waals surface area contributed by atoms with Gasteiger partial charge in [0.2, 0.25) is 0 Å². The van der Waals surface area contributed by atoms with Gasteiger partial charge in [-0.05, 0) is 35.4 Å². The Kier molecular flexibility index (Phi) is 5.58. The number of methoxy groups -OCH3 is 1. The Labute approximate surface area is 158 Å². The van der Waals surface area contributed by atoms with Crippen molar-refractivity contribution in [3.8, 4) is 17.6 Å². The van der Waals surface area contributed by atoms with Crippen LogP contribution in [-0.4, -0.2) is 19.6 Å². The van der Waals surface area contributed by atoms with Crippen LogP contribution in [0, 0.1) is 11.3 Å². The molecule has 0 heterocycles. The van der Waals surface area contributed by atoms with E-state index in [0.717, 1.165) is 16.3 Å². The molecule has 5 heteroatoms. The van der Waals surface area contributed by atoms with E-state index in [1.165, 1.54) is 7.11 Å². The molecule has 1 amide bonds. The minimum Gasteiger partial charge on any atom is -0.493 e. The van der Waals surface area contributed by atoms with Crippen molar-refractivity contribution in [2.75, 3.05) is 13.7 Å². The molecule has 0 aromatic heterocycles. The maximum atomic E-state index is 12.3. The van der Waals surface area contributed by atoms with E-state index < -0.39 is 0 Å². The molecular formula is C22H20N2O3. The molecule has 5 nitrogen and oxygen atoms in total. The fourth-order valence-corrected chi connectivity index (χ4v) is 2.99. The summed E-state index contributed by atoms with van der Waals surface area (Å²) in [4.78, 5) is 12.3. The number of nitriles is 1. The van der Waals surface area contributed by atoms with Crippen molar-refractivity contribution in [2.24, 2.45) is 0 Å². The van der Waals surface area contributed by atoms with Crippen molar-refractivity contribution < 1.29 is 14.3 Å². The van der Waals surface area contributed by atoms with Gasteiger partial charge in [-0.1, -0.05) is 42.5 Å². The van der Waals surface area contributed by atoms with Crippen LogP contribution in [0.15, 0.2) is 60.7 Å². The number of fused-ring (bicyclic) bond motifs is 1. The van der Waals surface area contributed by atoms with Crippen molar-refractivity contribution in [1.29, 1.82) is 5.26 Å². The predicted octanol–water partition coefficient (Wildman–Crippen LogP) is 3.98. The summed E-state index contributed by atoms with van der Waals surface area (Å²) in [5.74, 6) is 0.607. The summed E-state index contributed by atoms with van der Waals surface area (Å²) >= 11 is 0. The van der Waals surface area contributed by atoms with Crippen LogP contribution >= 0.6 is 0 Å². The zero-order valence-electron chi connectivity index (χ0n) is 15.2. The summed E-state index contributed by atoms with van der Waals surface area (Å²) in [5.41, 5.74) is 1.52. The topological polar surface area (TPSA) is 71.3 Å². The van der Waals surface area contributed by atoms with Gasteiger partial charge in [-0.15, -0.1) is 0 Å². The van der Waals surface area contributed by atoms with E-state index in [1.54, 1.807) is 18.2 Å². The first kappa shape index (κ1) is 18.3. The van der Waals surface area contributed by atoms with Gasteiger partial charge in [0.25, 0.3) is 5.91 Å². The third kappa shape index (κ3) is 4.18. The molecule has 3 aromatic carbocycles. The number of rotatable bonds is 6. The quantitative estimate of drug-likeness (QED) is 0.722. The number of ether oxygens (including phenoxy) is 2. The number of carbonyl (C=O) groups excluding carboxylic acids is 1. The summed E-state index contributed by atoms with van der Waals surface area (Å²) < 4.78 is 10.8. The average Bonchev–Trinajstić information content (AvgIpc) is 2.71. The smallest absolute Gasteiger partial charge is 0.258 e. The largest absolute Gasteiger partial charge is 0.493 e. The molecule has 1 atom stereocenters. The third-order valence-corrected chi connectivity index (χ3v) is 4.32. The first-order valence-corrected chi connectivity index (χ1v) is 8.60. The van der Waals surface area contributed by atoms with Gasteiger partial charge in [0.05, 0.1) is 24.8 Å². The summed E-state index contributed by atoms with van der Waals surface area (Å²) in [7, 11) is 1.49. The van der Waals surface area contributed by atoms with Gasteiger partial charge in [-0.3, -0.25) is 4.79 Å². The van der Waals surface area contributed by atoms with E-state index in [1.807, 2.05) is 55.5 Å². The SMILES string of the molecule is COc1cc(C#N)ccc1OCC(=O)NC(C)c1cccc2ccccc12. The zero-order chi connectivity index (χ0) is 19.2. The second-order valence-corrected chi connectivity index (χ2v) is 6.12. The van der Waals surface area contributed by atoms with Crippen molar-refractivity contribution in [1.82, 2.24) is 5.32 Å². The van der Waals surface area contributed by atoms with Gasteiger partial charge >= 0.3 is 0 Å². The van der Waals surface area contributed by atoms with E-state index in [0.29, 0.717) is 17.1 Å². The highest BCUT2D eigenvalue weighted by atomic mass is 16.5. The monoisotopic (exact) mass is 360 g/mol. The van der Waals surface area contributed by atoms with Crippen LogP contribution in [-0.2, 0) is 4.79 Å². The number of amides is 1. The molecule has 0 spiro atoms. The first-order valence-electron chi connectivity index (χ1n) is 8.60. The highest BCUT2D eigenvalue weighted by Gasteiger charge is 2.14. The fraction of sp³-hybridized carbons (Fsp3) is 0.182. The number of carbonyl (C=O) groups is 1. The molecule has 0 saturated heterocycles. The van der Waals surface area contributed by atoms with E-state index in [-0.39, 0.29) is 18.6 Å². The molecule has 3 aromatic rings. The lowest BCUT2D eigenvalue weighted by Gasteiger charge is -2.17. The van der Waals surface area contributed by atoms with E-state index >= 15 is 0 Å². The van der Waals surface area contributed by atoms with Gasteiger partial charge < -0.3 is 14.8 Å². The van der Waals surface area contributed by atoms with Crippen LogP contribution in [0.1, 0.15) is 24.1 Å². The third-order valence-electron chi connectivity index (χ3n) is 4.32. The van der Waals surface area contributed by atoms with Crippen molar-refractivity contribution >= 4 is 16.7 Å². The molecule has 136 valence electrons. The van der Waals surface area contributed by atoms with Gasteiger partial charge in [0, 0.05) is 6.07 Å². The molecule has 27 heavy (non-hydrogen) atoms. The van der Waals surface area contributed by atoms with E-state index in [4.69, 9.17) is 14.7 Å². The van der Waals surface area contributed by atoms with Crippen LogP contribution < -0.4 is 14.8 Å². The van der Waals surface area contributed by atoms with E-state index in [9.17, 15) is 4.79 Å². The molecule has 3 rings (SSSR count). The molecule has 0 bridgehead atoms. The summed E-state index contributed by atoms with van der Waals surface area (Å²) in [5, 5.41) is 14.1. The summed E-state index contributed by atoms with van der Waals surface area (Å²) in [6.07, 6.45) is 0. The minimum absolute atomic E-state index is 0.142. The maximum Gasteiger partial charge on any atom is 0.258 e. The van der Waals surface area contributed by atoms with Crippen molar-refractivity contribution in [3.63, 3.8) is 0 Å². The Morgan fingerprint density at radius 2 is 1.89 bits per heavy atom. The van der Waals surface area contributed by atoms with Crippen LogP contribution in [0.4, 0.5) is 0 Å². The molecule has 0 radical (unpaired) electrons. The lowest BCUT2D eigenvalue weighted by molar-refractivity contribution is -0.123. The number of benzene rings is 3. The van der Waals surface area contributed by atoms with Crippen LogP contribution in [0.25, 0.3) is 10.8 Å². The molecule has 1 unspecified atom stereocenters. The van der Waals surface area contributed by atoms with Gasteiger partial charge in [-0.25, -0.2) is 0 Å². The van der Waals surface area contributed by atoms with Gasteiger partial charge in [-0.2, -0.15) is 5.26 Å². The second-order valence-electron chi connectivity index (χ2n) is 6.12. The molecule has 0 fully saturated rings. The van der Waals surface area contributed by atoms with Crippen molar-refractivity contribution in [3.05, 3.63) is 71.8 Å². The average molecular weight is 360 g/mol. The van der Waals surface area contributed by atoms with Gasteiger partial charge in [0.15, 0.2) is 18.1 Å². The predicted molar refractivity (Wildman–Crippen MR) is 104 cm³/mol. The molecule has 0 aliphatic heterocycles. The highest BCUT2D eigenvalue weighted by molar-refractivity contribution is 5.87. The molecule has 0 saturated carbocycles. The normalized spacial score (nSPS) is 11.4. The minimum atomic E-state index is -0.234. The molecule has 1 N–H and O–H groups in total. The first-order chi connectivity index (χ1) is 13.1. The standard InChI is InChI=1S/C22H20N2O3/c1-15(18-9-5-7-17-6-3-4-8-19(17)18)24-22(25)14-27-20-11-10-16(13-23)12-21(20)26-2/h3-12,15H,14H2,1-2H3,(H,24,25). The fourth-order valence-electron chi connectivity index (χ4n) is 2.99. The number of nitrogens with one attached hydrogen (secondary N) is 1. The number of hydrogen-bond donors (Lipinski definition) is 1.